The van der Waals surface area contributed by atoms with Crippen LogP contribution in [0, 0.1) is 0 Å². The molecule has 0 aliphatic carbocycles. The monoisotopic (exact) mass is 738 g/mol. The first kappa shape index (κ1) is 49.7. The summed E-state index contributed by atoms with van der Waals surface area (Å²) in [7, 11) is 0. The topological polar surface area (TPSA) is 80.6 Å². The standard InChI is InChI=1S/C38H80NO.C7H5ClO3/c1-4-7-10-13-16-19-22-25-28-31-34-39(37-38-40,35-32-29-26-23-20-17-14-11-8-5-2)36-33-30-27-24-21-18-15-12-9-6-3;8-5-3-1-2-4(6(5)9)7(10)11/h40H,4-38H2,1-3H3;1-3,9H,(H,10,11)/q+1;/p-1. The van der Waals surface area contributed by atoms with Crippen LogP contribution in [0.5, 0.6) is 5.75 Å². The number of unbranched alkanes of at least 4 members (excludes halogenated alkanes) is 27. The molecule has 300 valence electrons. The normalized spacial score (nSPS) is 11.5. The number of rotatable bonds is 36. The van der Waals surface area contributed by atoms with Crippen LogP contribution in [0.15, 0.2) is 18.2 Å². The third-order valence-corrected chi connectivity index (χ3v) is 11.0. The fraction of sp³-hybridized carbons (Fsp3) is 0.844. The molecule has 5 nitrogen and oxygen atoms in total. The third kappa shape index (κ3) is 29.8. The number of para-hydroxylation sites is 1. The quantitative estimate of drug-likeness (QED) is 0.0531. The Morgan fingerprint density at radius 3 is 1.08 bits per heavy atom. The van der Waals surface area contributed by atoms with Gasteiger partial charge in [-0.1, -0.05) is 198 Å². The van der Waals surface area contributed by atoms with E-state index in [-0.39, 0.29) is 10.6 Å². The maximum atomic E-state index is 10.9. The summed E-state index contributed by atoms with van der Waals surface area (Å²) in [6.45, 7) is 12.2. The highest BCUT2D eigenvalue weighted by molar-refractivity contribution is 6.32. The molecule has 0 atom stereocenters. The van der Waals surface area contributed by atoms with E-state index in [0.29, 0.717) is 6.61 Å². The fourth-order valence-corrected chi connectivity index (χ4v) is 7.54. The Labute approximate surface area is 321 Å². The summed E-state index contributed by atoms with van der Waals surface area (Å²) in [5.41, 5.74) is -0.294. The van der Waals surface area contributed by atoms with E-state index in [1.165, 1.54) is 235 Å². The first-order valence-corrected chi connectivity index (χ1v) is 22.4. The van der Waals surface area contributed by atoms with Gasteiger partial charge in [-0.25, -0.2) is 4.79 Å². The van der Waals surface area contributed by atoms with Crippen molar-refractivity contribution in [1.29, 1.82) is 0 Å². The molecule has 0 heterocycles. The predicted octanol–water partition coefficient (Wildman–Crippen LogP) is 13.7. The zero-order chi connectivity index (χ0) is 37.7. The molecule has 0 saturated carbocycles. The SMILES string of the molecule is CCCCCCCCCCCC[N+](CCO)(CCCCCCCCCCCC)CCCCCCCCCCCC.O=C(O)c1cccc(Cl)c1[O-]. The van der Waals surface area contributed by atoms with Crippen molar-refractivity contribution in [3.63, 3.8) is 0 Å². The van der Waals surface area contributed by atoms with Crippen molar-refractivity contribution in [3.8, 4) is 5.75 Å². The lowest BCUT2D eigenvalue weighted by atomic mass is 10.0. The van der Waals surface area contributed by atoms with E-state index in [0.717, 1.165) is 6.54 Å². The average molecular weight is 739 g/mol. The van der Waals surface area contributed by atoms with Crippen LogP contribution in [0.4, 0.5) is 0 Å². The van der Waals surface area contributed by atoms with Gasteiger partial charge in [-0.05, 0) is 50.7 Å². The summed E-state index contributed by atoms with van der Waals surface area (Å²) in [5.74, 6) is -1.89. The van der Waals surface area contributed by atoms with Crippen LogP contribution in [0.1, 0.15) is 224 Å². The number of aromatic carboxylic acids is 1. The van der Waals surface area contributed by atoms with Gasteiger partial charge in [-0.3, -0.25) is 0 Å². The second-order valence-corrected chi connectivity index (χ2v) is 15.8. The summed E-state index contributed by atoms with van der Waals surface area (Å²) >= 11 is 5.38. The summed E-state index contributed by atoms with van der Waals surface area (Å²) in [5, 5.41) is 29.3. The van der Waals surface area contributed by atoms with Gasteiger partial charge in [0.1, 0.15) is 6.54 Å². The molecular formula is C45H84ClNO4. The van der Waals surface area contributed by atoms with Gasteiger partial charge in [0.2, 0.25) is 0 Å². The molecule has 2 N–H and O–H groups in total. The lowest BCUT2D eigenvalue weighted by Crippen LogP contribution is -2.51. The maximum Gasteiger partial charge on any atom is 0.335 e. The molecule has 0 radical (unpaired) electrons. The average Bonchev–Trinajstić information content (AvgIpc) is 3.12. The second-order valence-electron chi connectivity index (χ2n) is 15.4. The van der Waals surface area contributed by atoms with Crippen LogP contribution >= 0.6 is 11.6 Å². The highest BCUT2D eigenvalue weighted by Crippen LogP contribution is 2.24. The minimum atomic E-state index is -1.25. The molecule has 1 aromatic rings. The molecule has 0 fully saturated rings. The lowest BCUT2D eigenvalue weighted by Gasteiger charge is -2.39. The van der Waals surface area contributed by atoms with E-state index < -0.39 is 11.7 Å². The Bertz CT molecular complexity index is 835. The molecule has 6 heteroatoms. The van der Waals surface area contributed by atoms with Gasteiger partial charge < -0.3 is 19.8 Å². The highest BCUT2D eigenvalue weighted by atomic mass is 35.5. The van der Waals surface area contributed by atoms with E-state index in [2.05, 4.69) is 20.8 Å². The number of carboxylic acid groups (broad SMARTS) is 1. The van der Waals surface area contributed by atoms with Gasteiger partial charge in [0.15, 0.2) is 0 Å². The van der Waals surface area contributed by atoms with Crippen LogP contribution in [0.25, 0.3) is 0 Å². The first-order chi connectivity index (χ1) is 24.9. The van der Waals surface area contributed by atoms with Crippen molar-refractivity contribution in [2.45, 2.75) is 213 Å². The van der Waals surface area contributed by atoms with E-state index in [9.17, 15) is 15.0 Å². The number of carbonyl (C=O) groups is 1. The van der Waals surface area contributed by atoms with E-state index in [1.54, 1.807) is 0 Å². The fourth-order valence-electron chi connectivity index (χ4n) is 7.36. The van der Waals surface area contributed by atoms with Crippen molar-refractivity contribution in [2.24, 2.45) is 0 Å². The second kappa shape index (κ2) is 37.0. The molecular weight excluding hydrogens is 654 g/mol. The summed E-state index contributed by atoms with van der Waals surface area (Å²) < 4.78 is 1.21. The Kier molecular flexibility index (Phi) is 36.1. The Hall–Kier alpha value is -1.30. The van der Waals surface area contributed by atoms with Crippen LogP contribution < -0.4 is 5.11 Å². The minimum Gasteiger partial charge on any atom is -0.871 e. The Morgan fingerprint density at radius 2 is 0.824 bits per heavy atom. The number of halogens is 1. The summed E-state index contributed by atoms with van der Waals surface area (Å²) in [6, 6.07) is 4.00. The number of nitrogens with zero attached hydrogens (tertiary/aromatic N) is 1. The van der Waals surface area contributed by atoms with Gasteiger partial charge in [0.25, 0.3) is 0 Å². The van der Waals surface area contributed by atoms with E-state index in [4.69, 9.17) is 16.7 Å². The predicted molar refractivity (Wildman–Crippen MR) is 220 cm³/mol. The molecule has 1 aromatic carbocycles. The summed E-state index contributed by atoms with van der Waals surface area (Å²) in [4.78, 5) is 10.3. The van der Waals surface area contributed by atoms with Crippen molar-refractivity contribution >= 4 is 17.6 Å². The van der Waals surface area contributed by atoms with Crippen molar-refractivity contribution in [1.82, 2.24) is 0 Å². The molecule has 0 aliphatic rings. The Morgan fingerprint density at radius 1 is 0.529 bits per heavy atom. The molecule has 0 aliphatic heterocycles. The molecule has 0 aromatic heterocycles. The highest BCUT2D eigenvalue weighted by Gasteiger charge is 2.25. The number of aliphatic hydroxyl groups is 1. The number of carboxylic acids is 1. The lowest BCUT2D eigenvalue weighted by molar-refractivity contribution is -0.929. The summed E-state index contributed by atoms with van der Waals surface area (Å²) in [6.07, 6.45) is 42.5. The molecule has 0 spiro atoms. The van der Waals surface area contributed by atoms with Crippen LogP contribution in [0.3, 0.4) is 0 Å². The Balaban J connectivity index is 0.00000191. The smallest absolute Gasteiger partial charge is 0.335 e. The van der Waals surface area contributed by atoms with Gasteiger partial charge in [-0.15, -0.1) is 0 Å². The van der Waals surface area contributed by atoms with Crippen molar-refractivity contribution in [3.05, 3.63) is 28.8 Å². The van der Waals surface area contributed by atoms with Gasteiger partial charge >= 0.3 is 5.97 Å². The molecule has 0 bridgehead atoms. The third-order valence-electron chi connectivity index (χ3n) is 10.7. The molecule has 51 heavy (non-hydrogen) atoms. The van der Waals surface area contributed by atoms with Crippen molar-refractivity contribution < 1.29 is 24.6 Å². The number of aliphatic hydroxyl groups excluding tert-OH is 1. The largest absolute Gasteiger partial charge is 0.871 e. The number of hydrogen-bond donors (Lipinski definition) is 2. The minimum absolute atomic E-state index is 0.0649. The molecule has 1 rings (SSSR count). The van der Waals surface area contributed by atoms with Crippen LogP contribution in [0.2, 0.25) is 5.02 Å². The number of quaternary nitrogens is 1. The van der Waals surface area contributed by atoms with E-state index >= 15 is 0 Å². The molecule has 0 saturated heterocycles. The maximum absolute atomic E-state index is 10.9. The molecule has 0 amide bonds. The zero-order valence-electron chi connectivity index (χ0n) is 34.0. The van der Waals surface area contributed by atoms with Crippen LogP contribution in [-0.4, -0.2) is 53.5 Å². The van der Waals surface area contributed by atoms with Gasteiger partial charge in [-0.2, -0.15) is 0 Å². The van der Waals surface area contributed by atoms with Crippen LogP contribution in [-0.2, 0) is 0 Å². The first-order valence-electron chi connectivity index (χ1n) is 22.0. The molecule has 0 unspecified atom stereocenters. The number of benzene rings is 1. The van der Waals surface area contributed by atoms with E-state index in [1.807, 2.05) is 0 Å². The number of hydrogen-bond acceptors (Lipinski definition) is 3. The van der Waals surface area contributed by atoms with Crippen molar-refractivity contribution in [2.75, 3.05) is 32.8 Å². The van der Waals surface area contributed by atoms with Gasteiger partial charge in [0, 0.05) is 5.02 Å². The zero-order valence-corrected chi connectivity index (χ0v) is 34.8. The van der Waals surface area contributed by atoms with Gasteiger partial charge in [0.05, 0.1) is 31.8 Å².